The van der Waals surface area contributed by atoms with Gasteiger partial charge in [-0.1, -0.05) is 30.3 Å². The maximum Gasteiger partial charge on any atom is 0.325 e. The van der Waals surface area contributed by atoms with Gasteiger partial charge in [-0.2, -0.15) is 0 Å². The monoisotopic (exact) mass is 355 g/mol. The summed E-state index contributed by atoms with van der Waals surface area (Å²) in [6.07, 6.45) is 1.94. The standard InChI is InChI=1S/C19H21N3O4/c1-13(14-6-3-2-4-7-14)22-18(24)16(21-19(22)25)9-10-17(23)20-12-15-8-5-11-26-15/h2-8,11,13,16H,9-10,12H2,1H3,(H,20,23)(H,21,25)/t13-,16-/m1/s1. The third kappa shape index (κ3) is 3.93. The number of amides is 4. The Balaban J connectivity index is 1.52. The van der Waals surface area contributed by atoms with Crippen molar-refractivity contribution in [1.29, 1.82) is 0 Å². The molecule has 136 valence electrons. The van der Waals surface area contributed by atoms with Crippen LogP contribution in [-0.2, 0) is 16.1 Å². The van der Waals surface area contributed by atoms with E-state index in [1.165, 1.54) is 11.2 Å². The number of nitrogens with zero attached hydrogens (tertiary/aromatic N) is 1. The summed E-state index contributed by atoms with van der Waals surface area (Å²) in [6, 6.07) is 11.4. The van der Waals surface area contributed by atoms with Gasteiger partial charge in [0.15, 0.2) is 0 Å². The number of imide groups is 1. The Morgan fingerprint density at radius 3 is 2.69 bits per heavy atom. The van der Waals surface area contributed by atoms with Gasteiger partial charge in [-0.3, -0.25) is 14.5 Å². The molecule has 0 aliphatic carbocycles. The SMILES string of the molecule is C[C@H](c1ccccc1)N1C(=O)N[C@H](CCC(=O)NCc2ccco2)C1=O. The second-order valence-electron chi connectivity index (χ2n) is 6.19. The summed E-state index contributed by atoms with van der Waals surface area (Å²) in [5.74, 6) is 0.162. The zero-order chi connectivity index (χ0) is 18.5. The lowest BCUT2D eigenvalue weighted by Gasteiger charge is -2.21. The summed E-state index contributed by atoms with van der Waals surface area (Å²) >= 11 is 0. The minimum atomic E-state index is -0.678. The first-order chi connectivity index (χ1) is 12.6. The van der Waals surface area contributed by atoms with Crippen LogP contribution in [-0.4, -0.2) is 28.8 Å². The minimum Gasteiger partial charge on any atom is -0.467 e. The topological polar surface area (TPSA) is 91.7 Å². The zero-order valence-electron chi connectivity index (χ0n) is 14.5. The van der Waals surface area contributed by atoms with Crippen molar-refractivity contribution in [2.45, 2.75) is 38.4 Å². The maximum atomic E-state index is 12.6. The lowest BCUT2D eigenvalue weighted by Crippen LogP contribution is -2.34. The van der Waals surface area contributed by atoms with Crippen molar-refractivity contribution < 1.29 is 18.8 Å². The number of furan rings is 1. The molecule has 1 aromatic carbocycles. The molecule has 0 radical (unpaired) electrons. The van der Waals surface area contributed by atoms with Crippen molar-refractivity contribution >= 4 is 17.8 Å². The number of nitrogens with one attached hydrogen (secondary N) is 2. The van der Waals surface area contributed by atoms with E-state index in [1.54, 1.807) is 12.1 Å². The van der Waals surface area contributed by atoms with Crippen molar-refractivity contribution in [1.82, 2.24) is 15.5 Å². The van der Waals surface area contributed by atoms with Crippen LogP contribution in [0.25, 0.3) is 0 Å². The van der Waals surface area contributed by atoms with Gasteiger partial charge in [0.1, 0.15) is 11.8 Å². The van der Waals surface area contributed by atoms with Gasteiger partial charge < -0.3 is 15.1 Å². The van der Waals surface area contributed by atoms with Crippen LogP contribution in [0, 0.1) is 0 Å². The van der Waals surface area contributed by atoms with E-state index in [0.29, 0.717) is 12.3 Å². The third-order valence-electron chi connectivity index (χ3n) is 4.42. The molecule has 2 aromatic rings. The smallest absolute Gasteiger partial charge is 0.325 e. The van der Waals surface area contributed by atoms with E-state index in [-0.39, 0.29) is 30.7 Å². The summed E-state index contributed by atoms with van der Waals surface area (Å²) in [7, 11) is 0. The fraction of sp³-hybridized carbons (Fsp3) is 0.316. The number of benzene rings is 1. The van der Waals surface area contributed by atoms with E-state index in [2.05, 4.69) is 10.6 Å². The first-order valence-corrected chi connectivity index (χ1v) is 8.54. The Bertz CT molecular complexity index is 773. The minimum absolute atomic E-state index is 0.144. The quantitative estimate of drug-likeness (QED) is 0.746. The number of urea groups is 1. The molecule has 7 nitrogen and oxygen atoms in total. The number of hydrogen-bond donors (Lipinski definition) is 2. The van der Waals surface area contributed by atoms with Crippen molar-refractivity contribution in [3.63, 3.8) is 0 Å². The molecule has 1 saturated heterocycles. The molecule has 1 aliphatic rings. The van der Waals surface area contributed by atoms with Crippen LogP contribution >= 0.6 is 0 Å². The first kappa shape index (κ1) is 17.7. The highest BCUT2D eigenvalue weighted by Gasteiger charge is 2.40. The normalized spacial score (nSPS) is 17.9. The molecule has 2 atom stereocenters. The molecule has 2 N–H and O–H groups in total. The summed E-state index contributed by atoms with van der Waals surface area (Å²) in [4.78, 5) is 38.0. The van der Waals surface area contributed by atoms with E-state index >= 15 is 0 Å². The molecule has 1 aromatic heterocycles. The Morgan fingerprint density at radius 2 is 2.00 bits per heavy atom. The third-order valence-corrected chi connectivity index (χ3v) is 4.42. The zero-order valence-corrected chi connectivity index (χ0v) is 14.5. The van der Waals surface area contributed by atoms with Crippen molar-refractivity contribution in [2.75, 3.05) is 0 Å². The molecule has 1 fully saturated rings. The molecule has 3 rings (SSSR count). The Labute approximate surface area is 151 Å². The fourth-order valence-electron chi connectivity index (χ4n) is 2.95. The highest BCUT2D eigenvalue weighted by atomic mass is 16.3. The summed E-state index contributed by atoms with van der Waals surface area (Å²) in [5, 5.41) is 5.39. The molecule has 0 saturated carbocycles. The molecule has 2 heterocycles. The van der Waals surface area contributed by atoms with Gasteiger partial charge in [0.2, 0.25) is 5.91 Å². The van der Waals surface area contributed by atoms with Gasteiger partial charge in [0.25, 0.3) is 5.91 Å². The van der Waals surface area contributed by atoms with Gasteiger partial charge >= 0.3 is 6.03 Å². The molecule has 0 unspecified atom stereocenters. The molecule has 4 amide bonds. The number of carbonyl (C=O) groups is 3. The number of rotatable bonds is 7. The van der Waals surface area contributed by atoms with Gasteiger partial charge in [-0.15, -0.1) is 0 Å². The largest absolute Gasteiger partial charge is 0.467 e. The number of hydrogen-bond acceptors (Lipinski definition) is 4. The molecular formula is C19H21N3O4. The molecular weight excluding hydrogens is 334 g/mol. The summed E-state index contributed by atoms with van der Waals surface area (Å²) in [5.41, 5.74) is 0.882. The van der Waals surface area contributed by atoms with Crippen molar-refractivity contribution in [3.8, 4) is 0 Å². The van der Waals surface area contributed by atoms with Crippen LogP contribution < -0.4 is 10.6 Å². The Kier molecular flexibility index (Phi) is 5.36. The fourth-order valence-corrected chi connectivity index (χ4v) is 2.95. The highest BCUT2D eigenvalue weighted by molar-refractivity contribution is 6.04. The molecule has 26 heavy (non-hydrogen) atoms. The van der Waals surface area contributed by atoms with Crippen LogP contribution in [0.15, 0.2) is 53.1 Å². The average Bonchev–Trinajstić information content (AvgIpc) is 3.26. The van der Waals surface area contributed by atoms with E-state index < -0.39 is 12.1 Å². The summed E-state index contributed by atoms with van der Waals surface area (Å²) in [6.45, 7) is 2.11. The van der Waals surface area contributed by atoms with Gasteiger partial charge in [0.05, 0.1) is 18.8 Å². The molecule has 0 spiro atoms. The first-order valence-electron chi connectivity index (χ1n) is 8.54. The molecule has 7 heteroatoms. The van der Waals surface area contributed by atoms with Crippen LogP contribution in [0.2, 0.25) is 0 Å². The van der Waals surface area contributed by atoms with E-state index in [1.807, 2.05) is 37.3 Å². The van der Waals surface area contributed by atoms with Crippen molar-refractivity contribution in [2.24, 2.45) is 0 Å². The van der Waals surface area contributed by atoms with Gasteiger partial charge in [0, 0.05) is 6.42 Å². The average molecular weight is 355 g/mol. The van der Waals surface area contributed by atoms with Crippen LogP contribution in [0.5, 0.6) is 0 Å². The lowest BCUT2D eigenvalue weighted by molar-refractivity contribution is -0.129. The van der Waals surface area contributed by atoms with Crippen LogP contribution in [0.4, 0.5) is 4.79 Å². The Morgan fingerprint density at radius 1 is 1.23 bits per heavy atom. The predicted molar refractivity (Wildman–Crippen MR) is 93.8 cm³/mol. The molecule has 0 bridgehead atoms. The lowest BCUT2D eigenvalue weighted by atomic mass is 10.1. The predicted octanol–water partition coefficient (Wildman–Crippen LogP) is 2.36. The second-order valence-corrected chi connectivity index (χ2v) is 6.19. The molecule has 1 aliphatic heterocycles. The van der Waals surface area contributed by atoms with E-state index in [4.69, 9.17) is 4.42 Å². The second kappa shape index (κ2) is 7.86. The van der Waals surface area contributed by atoms with E-state index in [0.717, 1.165) is 5.56 Å². The Hall–Kier alpha value is -3.09. The highest BCUT2D eigenvalue weighted by Crippen LogP contribution is 2.25. The van der Waals surface area contributed by atoms with E-state index in [9.17, 15) is 14.4 Å². The van der Waals surface area contributed by atoms with Crippen LogP contribution in [0.1, 0.15) is 37.1 Å². The van der Waals surface area contributed by atoms with Gasteiger partial charge in [-0.25, -0.2) is 4.79 Å². The maximum absolute atomic E-state index is 12.6. The van der Waals surface area contributed by atoms with Crippen molar-refractivity contribution in [3.05, 3.63) is 60.1 Å². The summed E-state index contributed by atoms with van der Waals surface area (Å²) < 4.78 is 5.14. The van der Waals surface area contributed by atoms with Crippen LogP contribution in [0.3, 0.4) is 0 Å². The number of carbonyl (C=O) groups excluding carboxylic acids is 3. The van der Waals surface area contributed by atoms with Gasteiger partial charge in [-0.05, 0) is 31.0 Å².